The number of hydrogen-bond donors (Lipinski definition) is 1. The number of piperazine rings is 1. The molecule has 2 heterocycles. The minimum absolute atomic E-state index is 0.540. The van der Waals surface area contributed by atoms with Crippen molar-refractivity contribution in [1.82, 2.24) is 9.88 Å². The average molecular weight is 403 g/mol. The molecule has 1 aliphatic heterocycles. The maximum atomic E-state index is 9.28. The predicted molar refractivity (Wildman–Crippen MR) is 118 cm³/mol. The maximum Gasteiger partial charge on any atom is 0.191 e. The quantitative estimate of drug-likeness (QED) is 0.535. The standard InChI is InChI=1S/C22H22N6S/c23-15-19-3-1-2-4-20(19)18-7-5-17(6-8-18)16-26-21(24)27-10-12-28(13-11-27)22-25-9-14-29-22/h1-9,14H,10-13,16H2,(H2,24,26). The topological polar surface area (TPSA) is 81.5 Å². The Morgan fingerprint density at radius 3 is 2.55 bits per heavy atom. The zero-order valence-electron chi connectivity index (χ0n) is 16.0. The summed E-state index contributed by atoms with van der Waals surface area (Å²) < 4.78 is 0. The smallest absolute Gasteiger partial charge is 0.191 e. The molecule has 0 saturated carbocycles. The highest BCUT2D eigenvalue weighted by molar-refractivity contribution is 7.13. The van der Waals surface area contributed by atoms with Gasteiger partial charge in [0.05, 0.1) is 18.2 Å². The van der Waals surface area contributed by atoms with Gasteiger partial charge in [0.15, 0.2) is 11.1 Å². The molecule has 0 spiro atoms. The number of aliphatic imine (C=N–C) groups is 1. The van der Waals surface area contributed by atoms with Gasteiger partial charge < -0.3 is 15.5 Å². The van der Waals surface area contributed by atoms with Crippen molar-refractivity contribution in [3.63, 3.8) is 0 Å². The minimum Gasteiger partial charge on any atom is -0.370 e. The van der Waals surface area contributed by atoms with Gasteiger partial charge in [-0.05, 0) is 22.8 Å². The zero-order chi connectivity index (χ0) is 20.1. The Morgan fingerprint density at radius 1 is 1.10 bits per heavy atom. The fourth-order valence-corrected chi connectivity index (χ4v) is 4.09. The van der Waals surface area contributed by atoms with Crippen LogP contribution >= 0.6 is 11.3 Å². The summed E-state index contributed by atoms with van der Waals surface area (Å²) in [7, 11) is 0. The fourth-order valence-electron chi connectivity index (χ4n) is 3.39. The first-order valence-corrected chi connectivity index (χ1v) is 10.4. The van der Waals surface area contributed by atoms with E-state index in [1.54, 1.807) is 11.3 Å². The highest BCUT2D eigenvalue weighted by Gasteiger charge is 2.19. The van der Waals surface area contributed by atoms with Crippen molar-refractivity contribution >= 4 is 22.4 Å². The Hall–Kier alpha value is -3.37. The molecule has 1 aromatic heterocycles. The molecule has 0 radical (unpaired) electrons. The van der Waals surface area contributed by atoms with Crippen molar-refractivity contribution in [1.29, 1.82) is 5.26 Å². The van der Waals surface area contributed by atoms with Gasteiger partial charge in [-0.2, -0.15) is 5.26 Å². The van der Waals surface area contributed by atoms with Gasteiger partial charge in [-0.25, -0.2) is 9.98 Å². The van der Waals surface area contributed by atoms with E-state index in [2.05, 4.69) is 25.8 Å². The van der Waals surface area contributed by atoms with E-state index in [9.17, 15) is 5.26 Å². The second-order valence-electron chi connectivity index (χ2n) is 6.82. The molecule has 1 aliphatic rings. The molecular formula is C22H22N6S. The zero-order valence-corrected chi connectivity index (χ0v) is 16.8. The van der Waals surface area contributed by atoms with Crippen molar-refractivity contribution in [3.8, 4) is 17.2 Å². The summed E-state index contributed by atoms with van der Waals surface area (Å²) in [5, 5.41) is 12.4. The highest BCUT2D eigenvalue weighted by Crippen LogP contribution is 2.24. The molecule has 0 unspecified atom stereocenters. The normalized spacial score (nSPS) is 14.7. The first-order chi connectivity index (χ1) is 14.2. The molecule has 7 heteroatoms. The van der Waals surface area contributed by atoms with Gasteiger partial charge in [0, 0.05) is 37.8 Å². The summed E-state index contributed by atoms with van der Waals surface area (Å²) in [5.41, 5.74) is 9.97. The number of hydrogen-bond acceptors (Lipinski definition) is 5. The van der Waals surface area contributed by atoms with Crippen molar-refractivity contribution in [2.24, 2.45) is 10.7 Å². The molecule has 6 nitrogen and oxygen atoms in total. The fraction of sp³-hybridized carbons (Fsp3) is 0.227. The minimum atomic E-state index is 0.540. The first kappa shape index (κ1) is 19.0. The van der Waals surface area contributed by atoms with Crippen molar-refractivity contribution in [3.05, 3.63) is 71.2 Å². The summed E-state index contributed by atoms with van der Waals surface area (Å²) in [5.74, 6) is 0.586. The van der Waals surface area contributed by atoms with Gasteiger partial charge >= 0.3 is 0 Å². The number of rotatable bonds is 4. The third-order valence-electron chi connectivity index (χ3n) is 5.03. The Morgan fingerprint density at radius 2 is 1.86 bits per heavy atom. The molecule has 0 atom stereocenters. The first-order valence-electron chi connectivity index (χ1n) is 9.52. The van der Waals surface area contributed by atoms with Crippen LogP contribution in [0.4, 0.5) is 5.13 Å². The molecule has 0 amide bonds. The summed E-state index contributed by atoms with van der Waals surface area (Å²) in [6, 6.07) is 18.0. The van der Waals surface area contributed by atoms with E-state index in [1.807, 2.05) is 60.1 Å². The summed E-state index contributed by atoms with van der Waals surface area (Å²) in [4.78, 5) is 13.4. The number of aromatic nitrogens is 1. The Balaban J connectivity index is 1.36. The molecule has 2 aromatic carbocycles. The lowest BCUT2D eigenvalue weighted by Crippen LogP contribution is -2.51. The number of nitrogens with two attached hydrogens (primary N) is 1. The van der Waals surface area contributed by atoms with Crippen LogP contribution in [0.3, 0.4) is 0 Å². The third kappa shape index (κ3) is 4.39. The van der Waals surface area contributed by atoms with Gasteiger partial charge in [0.2, 0.25) is 0 Å². The molecule has 2 N–H and O–H groups in total. The molecule has 0 bridgehead atoms. The number of guanidine groups is 1. The number of nitriles is 1. The largest absolute Gasteiger partial charge is 0.370 e. The molecule has 0 aliphatic carbocycles. The molecule has 4 rings (SSSR count). The molecule has 1 fully saturated rings. The van der Waals surface area contributed by atoms with Crippen LogP contribution in [0.2, 0.25) is 0 Å². The molecule has 3 aromatic rings. The van der Waals surface area contributed by atoms with Crippen LogP contribution in [0.1, 0.15) is 11.1 Å². The van der Waals surface area contributed by atoms with Crippen LogP contribution in [0, 0.1) is 11.3 Å². The van der Waals surface area contributed by atoms with Crippen molar-refractivity contribution < 1.29 is 0 Å². The van der Waals surface area contributed by atoms with Gasteiger partial charge in [-0.1, -0.05) is 42.5 Å². The SMILES string of the molecule is N#Cc1ccccc1-c1ccc(CN=C(N)N2CCN(c3nccs3)CC2)cc1. The van der Waals surface area contributed by atoms with Crippen LogP contribution in [0.5, 0.6) is 0 Å². The Bertz CT molecular complexity index is 1010. The van der Waals surface area contributed by atoms with Gasteiger partial charge in [0.25, 0.3) is 0 Å². The number of thiazole rings is 1. The molecule has 29 heavy (non-hydrogen) atoms. The molecule has 1 saturated heterocycles. The van der Waals surface area contributed by atoms with Gasteiger partial charge in [-0.3, -0.25) is 0 Å². The lowest BCUT2D eigenvalue weighted by Gasteiger charge is -2.35. The van der Waals surface area contributed by atoms with Crippen LogP contribution in [-0.4, -0.2) is 42.0 Å². The second kappa shape index (κ2) is 8.76. The van der Waals surface area contributed by atoms with E-state index in [0.29, 0.717) is 18.1 Å². The monoisotopic (exact) mass is 402 g/mol. The molecule has 146 valence electrons. The predicted octanol–water partition coefficient (Wildman–Crippen LogP) is 3.32. The lowest BCUT2D eigenvalue weighted by molar-refractivity contribution is 0.380. The van der Waals surface area contributed by atoms with Gasteiger partial charge in [-0.15, -0.1) is 11.3 Å². The van der Waals surface area contributed by atoms with E-state index < -0.39 is 0 Å². The van der Waals surface area contributed by atoms with Crippen molar-refractivity contribution in [2.45, 2.75) is 6.54 Å². The average Bonchev–Trinajstić information content (AvgIpc) is 3.33. The second-order valence-corrected chi connectivity index (χ2v) is 7.69. The van der Waals surface area contributed by atoms with Gasteiger partial charge in [0.1, 0.15) is 0 Å². The van der Waals surface area contributed by atoms with Crippen LogP contribution in [0.25, 0.3) is 11.1 Å². The number of anilines is 1. The summed E-state index contributed by atoms with van der Waals surface area (Å²) in [6.07, 6.45) is 1.84. The van der Waals surface area contributed by atoms with Crippen LogP contribution in [-0.2, 0) is 6.54 Å². The lowest BCUT2D eigenvalue weighted by atomic mass is 9.99. The highest BCUT2D eigenvalue weighted by atomic mass is 32.1. The van der Waals surface area contributed by atoms with E-state index in [1.165, 1.54) is 0 Å². The van der Waals surface area contributed by atoms with Crippen LogP contribution < -0.4 is 10.6 Å². The van der Waals surface area contributed by atoms with E-state index in [-0.39, 0.29) is 0 Å². The Kier molecular flexibility index (Phi) is 5.73. The van der Waals surface area contributed by atoms with E-state index >= 15 is 0 Å². The van der Waals surface area contributed by atoms with E-state index in [4.69, 9.17) is 5.73 Å². The van der Waals surface area contributed by atoms with E-state index in [0.717, 1.165) is 48.0 Å². The third-order valence-corrected chi connectivity index (χ3v) is 5.86. The maximum absolute atomic E-state index is 9.28. The summed E-state index contributed by atoms with van der Waals surface area (Å²) in [6.45, 7) is 4.03. The van der Waals surface area contributed by atoms with Crippen LogP contribution in [0.15, 0.2) is 65.1 Å². The summed E-state index contributed by atoms with van der Waals surface area (Å²) >= 11 is 1.67. The number of nitrogens with zero attached hydrogens (tertiary/aromatic N) is 5. The number of benzene rings is 2. The Labute approximate surface area is 174 Å². The molecular weight excluding hydrogens is 380 g/mol. The van der Waals surface area contributed by atoms with Crippen molar-refractivity contribution in [2.75, 3.05) is 31.1 Å².